The Labute approximate surface area is 235 Å². The van der Waals surface area contributed by atoms with Gasteiger partial charge in [-0.2, -0.15) is 25.3 Å². The van der Waals surface area contributed by atoms with E-state index in [1.54, 1.807) is 11.1 Å². The number of anilines is 1. The van der Waals surface area contributed by atoms with E-state index in [0.29, 0.717) is 0 Å². The number of thiol groups is 2. The van der Waals surface area contributed by atoms with Crippen molar-refractivity contribution < 1.29 is 0 Å². The first-order chi connectivity index (χ1) is 17.8. The monoisotopic (exact) mass is 530 g/mol. The maximum Gasteiger partial charge on any atom is 0.0538 e. The molecule has 3 aliphatic carbocycles. The van der Waals surface area contributed by atoms with Crippen LogP contribution in [-0.2, 0) is 12.8 Å². The molecule has 1 saturated heterocycles. The second-order valence-electron chi connectivity index (χ2n) is 11.4. The van der Waals surface area contributed by atoms with Gasteiger partial charge < -0.3 is 4.90 Å². The normalized spacial score (nSPS) is 28.9. The fourth-order valence-electron chi connectivity index (χ4n) is 6.01. The van der Waals surface area contributed by atoms with E-state index in [9.17, 15) is 0 Å². The third-order valence-electron chi connectivity index (χ3n) is 8.22. The summed E-state index contributed by atoms with van der Waals surface area (Å²) in [6.45, 7) is 9.64. The van der Waals surface area contributed by atoms with E-state index in [2.05, 4.69) is 96.5 Å². The fourth-order valence-corrected chi connectivity index (χ4v) is 6.45. The molecule has 0 aromatic heterocycles. The van der Waals surface area contributed by atoms with Gasteiger partial charge in [-0.25, -0.2) is 0 Å². The average molecular weight is 531 g/mol. The Balaban J connectivity index is 1.28. The summed E-state index contributed by atoms with van der Waals surface area (Å²) < 4.78 is -0.566. The van der Waals surface area contributed by atoms with Crippen molar-refractivity contribution in [2.75, 3.05) is 37.6 Å². The van der Waals surface area contributed by atoms with Crippen LogP contribution in [0, 0.1) is 0 Å². The molecular formula is C33H42N2S2. The molecule has 0 amide bonds. The third kappa shape index (κ3) is 6.58. The lowest BCUT2D eigenvalue weighted by Gasteiger charge is -2.38. The number of fused-ring (bicyclic) bond motifs is 1. The number of nitrogens with zero attached hydrogens (tertiary/aromatic N) is 2. The van der Waals surface area contributed by atoms with E-state index < -0.39 is 0 Å². The van der Waals surface area contributed by atoms with Crippen LogP contribution in [0.25, 0.3) is 0 Å². The Hall–Kier alpha value is -1.88. The Bertz CT molecular complexity index is 1170. The van der Waals surface area contributed by atoms with Gasteiger partial charge in [-0.15, -0.1) is 0 Å². The highest BCUT2D eigenvalue weighted by atomic mass is 32.1. The van der Waals surface area contributed by atoms with Crippen molar-refractivity contribution in [1.82, 2.24) is 4.90 Å². The molecule has 1 aliphatic heterocycles. The van der Waals surface area contributed by atoms with Crippen LogP contribution in [0.3, 0.4) is 0 Å². The zero-order valence-corrected chi connectivity index (χ0v) is 24.3. The smallest absolute Gasteiger partial charge is 0.0538 e. The van der Waals surface area contributed by atoms with Gasteiger partial charge in [0.15, 0.2) is 0 Å². The predicted molar refractivity (Wildman–Crippen MR) is 167 cm³/mol. The Kier molecular flexibility index (Phi) is 8.28. The van der Waals surface area contributed by atoms with Crippen molar-refractivity contribution in [3.8, 4) is 0 Å². The van der Waals surface area contributed by atoms with Crippen LogP contribution in [0.4, 0.5) is 5.69 Å². The lowest BCUT2D eigenvalue weighted by molar-refractivity contribution is 0.280. The van der Waals surface area contributed by atoms with Gasteiger partial charge >= 0.3 is 0 Å². The summed E-state index contributed by atoms with van der Waals surface area (Å²) in [5.74, 6) is 0. The van der Waals surface area contributed by atoms with Crippen LogP contribution in [-0.4, -0.2) is 47.1 Å². The molecule has 4 heteroatoms. The van der Waals surface area contributed by atoms with E-state index >= 15 is 0 Å². The highest BCUT2D eigenvalue weighted by Gasteiger charge is 2.27. The minimum Gasteiger partial charge on any atom is -0.369 e. The fraction of sp³-hybridized carbons (Fsp3) is 0.455. The minimum absolute atomic E-state index is 0.235. The van der Waals surface area contributed by atoms with E-state index in [1.165, 1.54) is 60.9 Å². The summed E-state index contributed by atoms with van der Waals surface area (Å²) in [6.07, 6.45) is 27.8. The van der Waals surface area contributed by atoms with Gasteiger partial charge in [0.1, 0.15) is 0 Å². The van der Waals surface area contributed by atoms with Crippen molar-refractivity contribution >= 4 is 30.9 Å². The second-order valence-corrected chi connectivity index (χ2v) is 13.3. The molecule has 2 nitrogen and oxygen atoms in total. The van der Waals surface area contributed by atoms with Crippen molar-refractivity contribution in [1.29, 1.82) is 0 Å². The third-order valence-corrected chi connectivity index (χ3v) is 8.91. The number of rotatable bonds is 4. The van der Waals surface area contributed by atoms with Gasteiger partial charge in [0.05, 0.1) is 4.75 Å². The summed E-state index contributed by atoms with van der Waals surface area (Å²) in [5, 5.41) is 0. The molecule has 1 heterocycles. The molecule has 0 spiro atoms. The molecule has 1 aromatic carbocycles. The molecule has 5 rings (SSSR count). The molecule has 2 unspecified atom stereocenters. The first-order valence-corrected chi connectivity index (χ1v) is 14.9. The zero-order valence-electron chi connectivity index (χ0n) is 22.5. The minimum atomic E-state index is -0.331. The summed E-state index contributed by atoms with van der Waals surface area (Å²) in [5.41, 5.74) is 8.51. The first-order valence-electron chi connectivity index (χ1n) is 14.0. The molecule has 196 valence electrons. The summed E-state index contributed by atoms with van der Waals surface area (Å²) >= 11 is 9.81. The van der Waals surface area contributed by atoms with Crippen LogP contribution in [0.5, 0.6) is 0 Å². The molecule has 0 saturated carbocycles. The van der Waals surface area contributed by atoms with Crippen LogP contribution in [0.15, 0.2) is 89.6 Å². The largest absolute Gasteiger partial charge is 0.369 e. The quantitative estimate of drug-likeness (QED) is 0.394. The Morgan fingerprint density at radius 3 is 2.41 bits per heavy atom. The molecular weight excluding hydrogens is 489 g/mol. The van der Waals surface area contributed by atoms with E-state index in [4.69, 9.17) is 25.3 Å². The van der Waals surface area contributed by atoms with E-state index in [0.717, 1.165) is 32.7 Å². The second kappa shape index (κ2) is 11.5. The zero-order chi connectivity index (χ0) is 25.9. The van der Waals surface area contributed by atoms with Crippen molar-refractivity contribution in [3.05, 3.63) is 101 Å². The van der Waals surface area contributed by atoms with Gasteiger partial charge in [-0.1, -0.05) is 79.7 Å². The molecule has 1 aromatic rings. The van der Waals surface area contributed by atoms with Crippen LogP contribution in [0.1, 0.15) is 50.7 Å². The topological polar surface area (TPSA) is 6.48 Å². The summed E-state index contributed by atoms with van der Waals surface area (Å²) in [7, 11) is 0. The number of piperazine rings is 1. The highest BCUT2D eigenvalue weighted by molar-refractivity contribution is 7.82. The molecule has 0 bridgehead atoms. The van der Waals surface area contributed by atoms with Gasteiger partial charge in [-0.3, -0.25) is 4.90 Å². The van der Waals surface area contributed by atoms with Gasteiger partial charge in [0.2, 0.25) is 0 Å². The number of aryl methyl sites for hydroxylation is 1. The number of allylic oxidation sites excluding steroid dienone is 6. The SMILES string of the molecule is CC1(S)C=CC=C(C2=CC(CN3CCN(c4cccc5c4CCCCCC5)CC3)=CC=CC2(C)S)C=C1. The molecule has 1 fully saturated rings. The van der Waals surface area contributed by atoms with Crippen LogP contribution >= 0.6 is 25.3 Å². The molecule has 37 heavy (non-hydrogen) atoms. The van der Waals surface area contributed by atoms with Gasteiger partial charge in [-0.05, 0) is 73.4 Å². The standard InChI is InChI=1S/C33H42N2S2/c1-32(36)17-9-13-28(16-19-32)30-24-26(10-8-18-33(30,2)37)25-34-20-22-35(23-21-34)31-15-7-12-27-11-5-3-4-6-14-29(27)31/h7-10,12-13,15-19,24,36-37H,3-6,11,14,20-23,25H2,1-2H3. The molecule has 0 radical (unpaired) electrons. The van der Waals surface area contributed by atoms with E-state index in [1.807, 2.05) is 0 Å². The number of hydrogen-bond donors (Lipinski definition) is 2. The molecule has 4 aliphatic rings. The number of hydrogen-bond acceptors (Lipinski definition) is 4. The van der Waals surface area contributed by atoms with Crippen molar-refractivity contribution in [2.45, 2.75) is 61.9 Å². The molecule has 2 atom stereocenters. The first kappa shape index (κ1) is 26.7. The Morgan fingerprint density at radius 1 is 0.838 bits per heavy atom. The van der Waals surface area contributed by atoms with Crippen LogP contribution < -0.4 is 4.90 Å². The van der Waals surface area contributed by atoms with Crippen molar-refractivity contribution in [2.24, 2.45) is 0 Å². The van der Waals surface area contributed by atoms with Crippen molar-refractivity contribution in [3.63, 3.8) is 0 Å². The summed E-state index contributed by atoms with van der Waals surface area (Å²) in [4.78, 5) is 5.26. The van der Waals surface area contributed by atoms with Gasteiger partial charge in [0.25, 0.3) is 0 Å². The maximum atomic E-state index is 5.06. The van der Waals surface area contributed by atoms with E-state index in [-0.39, 0.29) is 9.49 Å². The lowest BCUT2D eigenvalue weighted by Crippen LogP contribution is -2.47. The average Bonchev–Trinajstić information content (AvgIpc) is 3.11. The van der Waals surface area contributed by atoms with Gasteiger partial charge in [0, 0.05) is 43.2 Å². The lowest BCUT2D eigenvalue weighted by atomic mass is 9.90. The predicted octanol–water partition coefficient (Wildman–Crippen LogP) is 7.32. The summed E-state index contributed by atoms with van der Waals surface area (Å²) in [6, 6.07) is 7.03. The maximum absolute atomic E-state index is 5.06. The Morgan fingerprint density at radius 2 is 1.59 bits per heavy atom. The molecule has 0 N–H and O–H groups in total. The highest BCUT2D eigenvalue weighted by Crippen LogP contribution is 2.37. The number of benzene rings is 1. The van der Waals surface area contributed by atoms with Crippen LogP contribution in [0.2, 0.25) is 0 Å².